The average molecular weight is 252 g/mol. The zero-order valence-corrected chi connectivity index (χ0v) is 10.0. The molecule has 0 bridgehead atoms. The number of thiazole rings is 1. The van der Waals surface area contributed by atoms with Crippen LogP contribution in [0, 0.1) is 0 Å². The highest BCUT2D eigenvalue weighted by molar-refractivity contribution is 7.98. The van der Waals surface area contributed by atoms with Crippen LogP contribution in [-0.4, -0.2) is 27.1 Å². The quantitative estimate of drug-likeness (QED) is 0.667. The summed E-state index contributed by atoms with van der Waals surface area (Å²) < 4.78 is 0. The minimum Gasteiger partial charge on any atom is -0.298 e. The monoisotopic (exact) mass is 252 g/mol. The number of hydrogen-bond donors (Lipinski definition) is 1. The summed E-state index contributed by atoms with van der Waals surface area (Å²) in [5.41, 5.74) is 0.424. The molecule has 1 N–H and O–H groups in total. The Hall–Kier alpha value is -1.47. The van der Waals surface area contributed by atoms with Crippen LogP contribution in [-0.2, 0) is 0 Å². The van der Waals surface area contributed by atoms with Crippen molar-refractivity contribution in [3.05, 3.63) is 29.5 Å². The maximum Gasteiger partial charge on any atom is 0.260 e. The fourth-order valence-electron chi connectivity index (χ4n) is 0.993. The maximum atomic E-state index is 11.7. The van der Waals surface area contributed by atoms with E-state index in [1.807, 2.05) is 6.26 Å². The highest BCUT2D eigenvalue weighted by atomic mass is 32.2. The predicted octanol–water partition coefficient (Wildman–Crippen LogP) is 1.91. The number of anilines is 1. The number of amides is 1. The summed E-state index contributed by atoms with van der Waals surface area (Å²) in [7, 11) is 0. The zero-order chi connectivity index (χ0) is 11.4. The first-order valence-corrected chi connectivity index (χ1v) is 6.47. The molecule has 0 atom stereocenters. The summed E-state index contributed by atoms with van der Waals surface area (Å²) in [5.74, 6) is -0.248. The van der Waals surface area contributed by atoms with Crippen molar-refractivity contribution in [3.63, 3.8) is 0 Å². The van der Waals surface area contributed by atoms with Crippen molar-refractivity contribution in [2.75, 3.05) is 11.6 Å². The van der Waals surface area contributed by atoms with Gasteiger partial charge >= 0.3 is 0 Å². The van der Waals surface area contributed by atoms with E-state index in [0.29, 0.717) is 15.9 Å². The first-order chi connectivity index (χ1) is 7.79. The average Bonchev–Trinajstić information content (AvgIpc) is 2.82. The van der Waals surface area contributed by atoms with Crippen LogP contribution in [0.25, 0.3) is 0 Å². The molecular weight excluding hydrogens is 244 g/mol. The van der Waals surface area contributed by atoms with Crippen LogP contribution in [0.3, 0.4) is 0 Å². The molecule has 2 rings (SSSR count). The molecule has 7 heteroatoms. The van der Waals surface area contributed by atoms with Gasteiger partial charge in [0.25, 0.3) is 5.91 Å². The Morgan fingerprint density at radius 1 is 1.38 bits per heavy atom. The topological polar surface area (TPSA) is 67.8 Å². The van der Waals surface area contributed by atoms with E-state index in [9.17, 15) is 4.79 Å². The molecule has 2 aromatic heterocycles. The molecule has 0 aliphatic rings. The van der Waals surface area contributed by atoms with Crippen LogP contribution in [0.5, 0.6) is 0 Å². The van der Waals surface area contributed by atoms with Crippen LogP contribution in [0.2, 0.25) is 0 Å². The van der Waals surface area contributed by atoms with Crippen molar-refractivity contribution in [1.29, 1.82) is 0 Å². The van der Waals surface area contributed by atoms with E-state index in [2.05, 4.69) is 20.3 Å². The van der Waals surface area contributed by atoms with E-state index in [-0.39, 0.29) is 5.91 Å². The molecule has 0 aliphatic carbocycles. The van der Waals surface area contributed by atoms with Crippen molar-refractivity contribution in [1.82, 2.24) is 15.0 Å². The van der Waals surface area contributed by atoms with E-state index in [0.717, 1.165) is 0 Å². The largest absolute Gasteiger partial charge is 0.298 e. The van der Waals surface area contributed by atoms with Crippen LogP contribution in [0.1, 0.15) is 10.4 Å². The maximum absolute atomic E-state index is 11.7. The molecule has 0 unspecified atom stereocenters. The van der Waals surface area contributed by atoms with Gasteiger partial charge in [-0.05, 0) is 6.26 Å². The van der Waals surface area contributed by atoms with Gasteiger partial charge in [-0.2, -0.15) is 0 Å². The molecule has 16 heavy (non-hydrogen) atoms. The molecular formula is C9H8N4OS2. The molecule has 0 saturated carbocycles. The predicted molar refractivity (Wildman–Crippen MR) is 63.9 cm³/mol. The number of carbonyl (C=O) groups excluding carboxylic acids is 1. The van der Waals surface area contributed by atoms with Gasteiger partial charge in [0, 0.05) is 24.0 Å². The summed E-state index contributed by atoms with van der Waals surface area (Å²) in [5, 5.41) is 5.66. The fourth-order valence-corrected chi connectivity index (χ4v) is 1.83. The Morgan fingerprint density at radius 2 is 2.12 bits per heavy atom. The van der Waals surface area contributed by atoms with E-state index in [1.165, 1.54) is 35.5 Å². The van der Waals surface area contributed by atoms with Gasteiger partial charge in [0.1, 0.15) is 0 Å². The zero-order valence-electron chi connectivity index (χ0n) is 8.38. The number of carbonyl (C=O) groups is 1. The highest BCUT2D eigenvalue weighted by Gasteiger charge is 2.08. The van der Waals surface area contributed by atoms with Gasteiger partial charge in [-0.15, -0.1) is 11.3 Å². The third-order valence-corrected chi connectivity index (χ3v) is 2.99. The highest BCUT2D eigenvalue weighted by Crippen LogP contribution is 2.12. The molecule has 1 amide bonds. The number of nitrogens with one attached hydrogen (secondary N) is 1. The summed E-state index contributed by atoms with van der Waals surface area (Å²) >= 11 is 2.80. The van der Waals surface area contributed by atoms with Gasteiger partial charge in [0.05, 0.1) is 5.56 Å². The van der Waals surface area contributed by atoms with Crippen molar-refractivity contribution in [3.8, 4) is 0 Å². The van der Waals surface area contributed by atoms with E-state index >= 15 is 0 Å². The third kappa shape index (κ3) is 2.56. The lowest BCUT2D eigenvalue weighted by Gasteiger charge is -2.00. The van der Waals surface area contributed by atoms with Crippen molar-refractivity contribution >= 4 is 34.1 Å². The smallest absolute Gasteiger partial charge is 0.260 e. The molecule has 0 aliphatic heterocycles. The van der Waals surface area contributed by atoms with Crippen molar-refractivity contribution in [2.45, 2.75) is 5.16 Å². The second-order valence-corrected chi connectivity index (χ2v) is 4.42. The number of hydrogen-bond acceptors (Lipinski definition) is 6. The number of aromatic nitrogens is 3. The lowest BCUT2D eigenvalue weighted by molar-refractivity contribution is 0.102. The van der Waals surface area contributed by atoms with Gasteiger partial charge < -0.3 is 0 Å². The number of rotatable bonds is 3. The first-order valence-electron chi connectivity index (χ1n) is 4.36. The van der Waals surface area contributed by atoms with E-state index in [1.54, 1.807) is 11.6 Å². The van der Waals surface area contributed by atoms with Gasteiger partial charge in [0.15, 0.2) is 10.3 Å². The summed E-state index contributed by atoms with van der Waals surface area (Å²) in [6, 6.07) is 0. The Bertz CT molecular complexity index is 469. The third-order valence-electron chi connectivity index (χ3n) is 1.73. The van der Waals surface area contributed by atoms with Crippen LogP contribution in [0.15, 0.2) is 29.1 Å². The molecule has 0 aromatic carbocycles. The standard InChI is InChI=1S/C9H8N4OS2/c1-15-8-11-4-6(5-12-8)7(14)13-9-10-2-3-16-9/h2-5H,1H3,(H,10,13,14). The van der Waals surface area contributed by atoms with Crippen molar-refractivity contribution < 1.29 is 4.79 Å². The lowest BCUT2D eigenvalue weighted by Crippen LogP contribution is -2.12. The SMILES string of the molecule is CSc1ncc(C(=O)Nc2nccs2)cn1. The number of nitrogens with zero attached hydrogens (tertiary/aromatic N) is 3. The molecule has 2 heterocycles. The van der Waals surface area contributed by atoms with Crippen molar-refractivity contribution in [2.24, 2.45) is 0 Å². The van der Waals surface area contributed by atoms with E-state index in [4.69, 9.17) is 0 Å². The Morgan fingerprint density at radius 3 is 2.69 bits per heavy atom. The second-order valence-electron chi connectivity index (χ2n) is 2.75. The molecule has 0 fully saturated rings. The van der Waals surface area contributed by atoms with Crippen LogP contribution < -0.4 is 5.32 Å². The van der Waals surface area contributed by atoms with Gasteiger partial charge in [-0.1, -0.05) is 11.8 Å². The summed E-state index contributed by atoms with van der Waals surface area (Å²) in [6.07, 6.45) is 6.52. The van der Waals surface area contributed by atoms with Gasteiger partial charge in [0.2, 0.25) is 0 Å². The minimum atomic E-state index is -0.248. The number of thioether (sulfide) groups is 1. The van der Waals surface area contributed by atoms with Gasteiger partial charge in [-0.3, -0.25) is 10.1 Å². The molecule has 2 aromatic rings. The van der Waals surface area contributed by atoms with E-state index < -0.39 is 0 Å². The molecule has 82 valence electrons. The first kappa shape index (κ1) is 11.0. The normalized spacial score (nSPS) is 10.1. The molecule has 0 radical (unpaired) electrons. The van der Waals surface area contributed by atoms with Gasteiger partial charge in [-0.25, -0.2) is 15.0 Å². The van der Waals surface area contributed by atoms with Crippen LogP contribution >= 0.6 is 23.1 Å². The van der Waals surface area contributed by atoms with Crippen LogP contribution in [0.4, 0.5) is 5.13 Å². The fraction of sp³-hybridized carbons (Fsp3) is 0.111. The Balaban J connectivity index is 2.09. The minimum absolute atomic E-state index is 0.248. The molecule has 5 nitrogen and oxygen atoms in total. The lowest BCUT2D eigenvalue weighted by atomic mass is 10.3. The second kappa shape index (κ2) is 5.04. The Kier molecular flexibility index (Phi) is 3.47. The Labute approximate surface area is 100 Å². The molecule has 0 spiro atoms. The summed E-state index contributed by atoms with van der Waals surface area (Å²) in [4.78, 5) is 23.7. The molecule has 0 saturated heterocycles. The summed E-state index contributed by atoms with van der Waals surface area (Å²) in [6.45, 7) is 0.